The van der Waals surface area contributed by atoms with E-state index in [-0.39, 0.29) is 12.3 Å². The molecule has 2 aromatic rings. The lowest BCUT2D eigenvalue weighted by atomic mass is 10.2. The average Bonchev–Trinajstić information content (AvgIpc) is 2.57. The summed E-state index contributed by atoms with van der Waals surface area (Å²) in [4.78, 5) is 23.5. The highest BCUT2D eigenvalue weighted by molar-refractivity contribution is 5.94. The first kappa shape index (κ1) is 19.2. The van der Waals surface area contributed by atoms with Gasteiger partial charge >= 0.3 is 6.09 Å². The highest BCUT2D eigenvalue weighted by atomic mass is 19.1. The minimum atomic E-state index is -0.961. The molecule has 0 aromatic heterocycles. The van der Waals surface area contributed by atoms with Crippen molar-refractivity contribution in [2.24, 2.45) is 0 Å². The molecule has 0 bridgehead atoms. The molecule has 0 radical (unpaired) electrons. The molecule has 138 valence electrons. The number of halogens is 2. The lowest BCUT2D eigenvalue weighted by molar-refractivity contribution is -0.122. The molecule has 26 heavy (non-hydrogen) atoms. The van der Waals surface area contributed by atoms with E-state index in [1.807, 2.05) is 0 Å². The Hall–Kier alpha value is -3.16. The van der Waals surface area contributed by atoms with E-state index in [4.69, 9.17) is 9.47 Å². The topological polar surface area (TPSA) is 76.7 Å². The maximum atomic E-state index is 13.6. The zero-order valence-electron chi connectivity index (χ0n) is 14.2. The van der Waals surface area contributed by atoms with Crippen LogP contribution in [-0.4, -0.2) is 24.7 Å². The van der Waals surface area contributed by atoms with E-state index < -0.39 is 29.7 Å². The van der Waals surface area contributed by atoms with Crippen molar-refractivity contribution in [1.29, 1.82) is 0 Å². The number of anilines is 2. The van der Waals surface area contributed by atoms with E-state index in [9.17, 15) is 18.4 Å². The fraction of sp³-hybridized carbons (Fsp3) is 0.222. The molecule has 0 fully saturated rings. The average molecular weight is 364 g/mol. The van der Waals surface area contributed by atoms with Gasteiger partial charge in [0.25, 0.3) is 5.91 Å². The fourth-order valence-corrected chi connectivity index (χ4v) is 2.02. The number of benzene rings is 2. The van der Waals surface area contributed by atoms with E-state index in [1.54, 1.807) is 25.1 Å². The standard InChI is InChI=1S/C18H18F2N2O4/c1-3-25-18(24)21-13-5-4-6-14(10-13)26-11(2)17(23)22-16-8-7-12(19)9-15(16)20/h4-11H,3H2,1-2H3,(H,21,24)(H,22,23). The van der Waals surface area contributed by atoms with Gasteiger partial charge in [0, 0.05) is 17.8 Å². The third-order valence-corrected chi connectivity index (χ3v) is 3.23. The number of carbonyl (C=O) groups is 2. The molecule has 6 nitrogen and oxygen atoms in total. The predicted molar refractivity (Wildman–Crippen MR) is 92.2 cm³/mol. The molecule has 0 aliphatic heterocycles. The smallest absolute Gasteiger partial charge is 0.411 e. The summed E-state index contributed by atoms with van der Waals surface area (Å²) in [6.45, 7) is 3.39. The van der Waals surface area contributed by atoms with Gasteiger partial charge in [-0.15, -0.1) is 0 Å². The van der Waals surface area contributed by atoms with Crippen molar-refractivity contribution in [2.75, 3.05) is 17.2 Å². The molecule has 2 amide bonds. The van der Waals surface area contributed by atoms with Crippen molar-refractivity contribution >= 4 is 23.4 Å². The van der Waals surface area contributed by atoms with E-state index in [0.717, 1.165) is 12.1 Å². The van der Waals surface area contributed by atoms with Crippen molar-refractivity contribution in [1.82, 2.24) is 0 Å². The summed E-state index contributed by atoms with van der Waals surface area (Å²) in [6, 6.07) is 9.20. The first-order valence-corrected chi connectivity index (χ1v) is 7.85. The Morgan fingerprint density at radius 2 is 1.88 bits per heavy atom. The zero-order valence-corrected chi connectivity index (χ0v) is 14.2. The summed E-state index contributed by atoms with van der Waals surface area (Å²) in [7, 11) is 0. The number of rotatable bonds is 6. The molecule has 0 saturated carbocycles. The lowest BCUT2D eigenvalue weighted by Crippen LogP contribution is -2.30. The van der Waals surface area contributed by atoms with Crippen molar-refractivity contribution in [3.63, 3.8) is 0 Å². The van der Waals surface area contributed by atoms with Crippen LogP contribution in [-0.2, 0) is 9.53 Å². The summed E-state index contributed by atoms with van der Waals surface area (Å²) in [6.07, 6.45) is -1.57. The summed E-state index contributed by atoms with van der Waals surface area (Å²) < 4.78 is 36.7. The molecule has 0 heterocycles. The molecule has 0 spiro atoms. The first-order valence-electron chi connectivity index (χ1n) is 7.85. The fourth-order valence-electron chi connectivity index (χ4n) is 2.02. The van der Waals surface area contributed by atoms with Gasteiger partial charge in [-0.2, -0.15) is 0 Å². The van der Waals surface area contributed by atoms with Crippen molar-refractivity contribution < 1.29 is 27.8 Å². The molecule has 0 aliphatic rings. The summed E-state index contributed by atoms with van der Waals surface area (Å²) in [5.74, 6) is -1.91. The Labute approximate surface area is 149 Å². The minimum Gasteiger partial charge on any atom is -0.481 e. The van der Waals surface area contributed by atoms with Crippen LogP contribution in [0.2, 0.25) is 0 Å². The van der Waals surface area contributed by atoms with Gasteiger partial charge in [-0.1, -0.05) is 6.07 Å². The third kappa shape index (κ3) is 5.44. The molecular weight excluding hydrogens is 346 g/mol. The maximum Gasteiger partial charge on any atom is 0.411 e. The Bertz CT molecular complexity index is 799. The Balaban J connectivity index is 1.99. The highest BCUT2D eigenvalue weighted by Crippen LogP contribution is 2.20. The van der Waals surface area contributed by atoms with Crippen LogP contribution in [0.1, 0.15) is 13.8 Å². The zero-order chi connectivity index (χ0) is 19.1. The molecule has 2 aromatic carbocycles. The second-order valence-electron chi connectivity index (χ2n) is 5.25. The van der Waals surface area contributed by atoms with Gasteiger partial charge < -0.3 is 14.8 Å². The number of ether oxygens (including phenoxy) is 2. The van der Waals surface area contributed by atoms with Crippen LogP contribution in [0.15, 0.2) is 42.5 Å². The summed E-state index contributed by atoms with van der Waals surface area (Å²) in [5.41, 5.74) is 0.280. The maximum absolute atomic E-state index is 13.6. The number of hydrogen-bond donors (Lipinski definition) is 2. The normalized spacial score (nSPS) is 11.4. The largest absolute Gasteiger partial charge is 0.481 e. The Morgan fingerprint density at radius 3 is 2.58 bits per heavy atom. The summed E-state index contributed by atoms with van der Waals surface area (Å²) in [5, 5.41) is 4.84. The van der Waals surface area contributed by atoms with Crippen LogP contribution in [0.3, 0.4) is 0 Å². The predicted octanol–water partition coefficient (Wildman–Crippen LogP) is 3.94. The number of carbonyl (C=O) groups excluding carboxylic acids is 2. The van der Waals surface area contributed by atoms with Gasteiger partial charge in [0.05, 0.1) is 12.3 Å². The monoisotopic (exact) mass is 364 g/mol. The third-order valence-electron chi connectivity index (χ3n) is 3.23. The van der Waals surface area contributed by atoms with E-state index >= 15 is 0 Å². The molecule has 1 unspecified atom stereocenters. The van der Waals surface area contributed by atoms with E-state index in [1.165, 1.54) is 13.0 Å². The Kier molecular flexibility index (Phi) is 6.48. The van der Waals surface area contributed by atoms with Crippen molar-refractivity contribution in [2.45, 2.75) is 20.0 Å². The Morgan fingerprint density at radius 1 is 1.12 bits per heavy atom. The molecule has 1 atom stereocenters. The van der Waals surface area contributed by atoms with Gasteiger partial charge in [-0.25, -0.2) is 13.6 Å². The molecule has 0 aliphatic carbocycles. The quantitative estimate of drug-likeness (QED) is 0.814. The van der Waals surface area contributed by atoms with Crippen LogP contribution >= 0.6 is 0 Å². The second-order valence-corrected chi connectivity index (χ2v) is 5.25. The molecule has 2 N–H and O–H groups in total. The molecule has 8 heteroatoms. The van der Waals surface area contributed by atoms with E-state index in [0.29, 0.717) is 17.5 Å². The molecule has 2 rings (SSSR count). The lowest BCUT2D eigenvalue weighted by Gasteiger charge is -2.16. The van der Waals surface area contributed by atoms with Gasteiger partial charge in [0.1, 0.15) is 17.4 Å². The van der Waals surface area contributed by atoms with Gasteiger partial charge in [0.2, 0.25) is 0 Å². The van der Waals surface area contributed by atoms with Crippen LogP contribution in [0, 0.1) is 11.6 Å². The number of nitrogens with one attached hydrogen (secondary N) is 2. The SMILES string of the molecule is CCOC(=O)Nc1cccc(OC(C)C(=O)Nc2ccc(F)cc2F)c1. The number of amides is 2. The van der Waals surface area contributed by atoms with Crippen molar-refractivity contribution in [3.8, 4) is 5.75 Å². The van der Waals surface area contributed by atoms with Crippen LogP contribution < -0.4 is 15.4 Å². The van der Waals surface area contributed by atoms with Gasteiger partial charge in [-0.05, 0) is 38.1 Å². The molecular formula is C18H18F2N2O4. The van der Waals surface area contributed by atoms with Gasteiger partial charge in [0.15, 0.2) is 6.10 Å². The van der Waals surface area contributed by atoms with Crippen LogP contribution in [0.4, 0.5) is 25.0 Å². The van der Waals surface area contributed by atoms with E-state index in [2.05, 4.69) is 10.6 Å². The number of hydrogen-bond acceptors (Lipinski definition) is 4. The summed E-state index contributed by atoms with van der Waals surface area (Å²) >= 11 is 0. The minimum absolute atomic E-state index is 0.149. The highest BCUT2D eigenvalue weighted by Gasteiger charge is 2.17. The van der Waals surface area contributed by atoms with Crippen LogP contribution in [0.5, 0.6) is 5.75 Å². The van der Waals surface area contributed by atoms with Crippen molar-refractivity contribution in [3.05, 3.63) is 54.1 Å². The van der Waals surface area contributed by atoms with Crippen LogP contribution in [0.25, 0.3) is 0 Å². The first-order chi connectivity index (χ1) is 12.4. The second kappa shape index (κ2) is 8.80. The molecule has 0 saturated heterocycles. The van der Waals surface area contributed by atoms with Gasteiger partial charge in [-0.3, -0.25) is 10.1 Å².